The van der Waals surface area contributed by atoms with E-state index in [-0.39, 0.29) is 6.61 Å². The average Bonchev–Trinajstić information content (AvgIpc) is 2.69. The second-order valence-corrected chi connectivity index (χ2v) is 3.89. The molecule has 0 spiro atoms. The van der Waals surface area contributed by atoms with Gasteiger partial charge in [0, 0.05) is 12.2 Å². The van der Waals surface area contributed by atoms with Crippen LogP contribution < -0.4 is 0 Å². The van der Waals surface area contributed by atoms with Crippen molar-refractivity contribution in [3.8, 4) is 11.3 Å². The van der Waals surface area contributed by atoms with Gasteiger partial charge in [0.25, 0.3) is 0 Å². The molecular weight excluding hydrogens is 200 g/mol. The Morgan fingerprint density at radius 3 is 2.62 bits per heavy atom. The highest BCUT2D eigenvalue weighted by molar-refractivity contribution is 5.58. The first-order valence-electron chi connectivity index (χ1n) is 5.57. The van der Waals surface area contributed by atoms with Crippen molar-refractivity contribution in [3.05, 3.63) is 47.7 Å². The highest BCUT2D eigenvalue weighted by atomic mass is 16.3. The van der Waals surface area contributed by atoms with Crippen LogP contribution in [0.4, 0.5) is 0 Å². The lowest BCUT2D eigenvalue weighted by molar-refractivity contribution is 0.288. The van der Waals surface area contributed by atoms with Crippen LogP contribution in [-0.4, -0.2) is 11.7 Å². The minimum Gasteiger partial charge on any atom is -0.461 e. The summed E-state index contributed by atoms with van der Waals surface area (Å²) in [6.45, 7) is 2.20. The predicted octanol–water partition coefficient (Wildman–Crippen LogP) is 3.18. The summed E-state index contributed by atoms with van der Waals surface area (Å²) in [5, 5.41) is 8.81. The third-order valence-electron chi connectivity index (χ3n) is 2.68. The number of hydrogen-bond acceptors (Lipinski definition) is 2. The number of furan rings is 1. The molecule has 1 heterocycles. The summed E-state index contributed by atoms with van der Waals surface area (Å²) in [4.78, 5) is 0. The molecule has 2 heteroatoms. The summed E-state index contributed by atoms with van der Waals surface area (Å²) in [5.74, 6) is 1.86. The van der Waals surface area contributed by atoms with Crippen molar-refractivity contribution in [2.45, 2.75) is 19.8 Å². The van der Waals surface area contributed by atoms with E-state index < -0.39 is 0 Å². The fraction of sp³-hybridized carbons (Fsp3) is 0.286. The van der Waals surface area contributed by atoms with Gasteiger partial charge in [-0.2, -0.15) is 0 Å². The predicted molar refractivity (Wildman–Crippen MR) is 64.3 cm³/mol. The first-order valence-corrected chi connectivity index (χ1v) is 5.57. The van der Waals surface area contributed by atoms with Gasteiger partial charge in [-0.1, -0.05) is 30.3 Å². The second-order valence-electron chi connectivity index (χ2n) is 3.89. The maximum absolute atomic E-state index is 8.81. The van der Waals surface area contributed by atoms with Gasteiger partial charge in [-0.25, -0.2) is 0 Å². The Balaban J connectivity index is 2.24. The SMILES string of the molecule is Cc1oc(-c2ccccc2)cc1CCCO. The number of aliphatic hydroxyl groups excluding tert-OH is 1. The van der Waals surface area contributed by atoms with E-state index in [0.29, 0.717) is 0 Å². The first kappa shape index (κ1) is 11.0. The van der Waals surface area contributed by atoms with Crippen molar-refractivity contribution in [2.24, 2.45) is 0 Å². The molecule has 1 aromatic carbocycles. The smallest absolute Gasteiger partial charge is 0.134 e. The number of hydrogen-bond donors (Lipinski definition) is 1. The molecule has 0 unspecified atom stereocenters. The van der Waals surface area contributed by atoms with Gasteiger partial charge >= 0.3 is 0 Å². The van der Waals surface area contributed by atoms with E-state index in [1.807, 2.05) is 37.3 Å². The summed E-state index contributed by atoms with van der Waals surface area (Å²) in [5.41, 5.74) is 2.29. The highest BCUT2D eigenvalue weighted by Gasteiger charge is 2.08. The van der Waals surface area contributed by atoms with Crippen LogP contribution in [0.15, 0.2) is 40.8 Å². The van der Waals surface area contributed by atoms with Gasteiger partial charge in [-0.15, -0.1) is 0 Å². The van der Waals surface area contributed by atoms with E-state index in [1.54, 1.807) is 0 Å². The van der Waals surface area contributed by atoms with Gasteiger partial charge in [-0.05, 0) is 31.4 Å². The van der Waals surface area contributed by atoms with E-state index in [1.165, 1.54) is 5.56 Å². The highest BCUT2D eigenvalue weighted by Crippen LogP contribution is 2.25. The third-order valence-corrected chi connectivity index (χ3v) is 2.68. The van der Waals surface area contributed by atoms with E-state index in [2.05, 4.69) is 6.07 Å². The Morgan fingerprint density at radius 2 is 1.94 bits per heavy atom. The van der Waals surface area contributed by atoms with Crippen LogP contribution in [0.3, 0.4) is 0 Å². The molecule has 0 atom stereocenters. The Morgan fingerprint density at radius 1 is 1.19 bits per heavy atom. The van der Waals surface area contributed by atoms with Crippen molar-refractivity contribution >= 4 is 0 Å². The largest absolute Gasteiger partial charge is 0.461 e. The zero-order valence-corrected chi connectivity index (χ0v) is 9.44. The van der Waals surface area contributed by atoms with Crippen LogP contribution in [0.25, 0.3) is 11.3 Å². The summed E-state index contributed by atoms with van der Waals surface area (Å²) >= 11 is 0. The normalized spacial score (nSPS) is 10.6. The first-order chi connectivity index (χ1) is 7.81. The summed E-state index contributed by atoms with van der Waals surface area (Å²) < 4.78 is 5.72. The molecule has 0 aliphatic carbocycles. The Hall–Kier alpha value is -1.54. The molecule has 2 rings (SSSR count). The van der Waals surface area contributed by atoms with E-state index in [9.17, 15) is 0 Å². The fourth-order valence-electron chi connectivity index (χ4n) is 1.78. The van der Waals surface area contributed by atoms with E-state index in [0.717, 1.165) is 29.9 Å². The fourth-order valence-corrected chi connectivity index (χ4v) is 1.78. The molecule has 1 aromatic heterocycles. The van der Waals surface area contributed by atoms with Gasteiger partial charge in [-0.3, -0.25) is 0 Å². The molecule has 0 saturated heterocycles. The molecule has 1 N–H and O–H groups in total. The van der Waals surface area contributed by atoms with Gasteiger partial charge in [0.1, 0.15) is 11.5 Å². The van der Waals surface area contributed by atoms with Crippen molar-refractivity contribution in [1.29, 1.82) is 0 Å². The average molecular weight is 216 g/mol. The Kier molecular flexibility index (Phi) is 3.42. The van der Waals surface area contributed by atoms with Crippen LogP contribution in [0.1, 0.15) is 17.7 Å². The third kappa shape index (κ3) is 2.34. The minimum atomic E-state index is 0.227. The lowest BCUT2D eigenvalue weighted by Crippen LogP contribution is -1.88. The lowest BCUT2D eigenvalue weighted by atomic mass is 10.1. The van der Waals surface area contributed by atoms with Gasteiger partial charge < -0.3 is 9.52 Å². The topological polar surface area (TPSA) is 33.4 Å². The van der Waals surface area contributed by atoms with Gasteiger partial charge in [0.05, 0.1) is 0 Å². The molecule has 84 valence electrons. The number of benzene rings is 1. The van der Waals surface area contributed by atoms with E-state index in [4.69, 9.17) is 9.52 Å². The van der Waals surface area contributed by atoms with E-state index >= 15 is 0 Å². The summed E-state index contributed by atoms with van der Waals surface area (Å²) in [6.07, 6.45) is 1.66. The molecule has 0 fully saturated rings. The van der Waals surface area contributed by atoms with Crippen LogP contribution in [0.5, 0.6) is 0 Å². The van der Waals surface area contributed by atoms with Crippen molar-refractivity contribution in [1.82, 2.24) is 0 Å². The summed E-state index contributed by atoms with van der Waals surface area (Å²) in [6, 6.07) is 12.1. The van der Waals surface area contributed by atoms with Crippen molar-refractivity contribution < 1.29 is 9.52 Å². The van der Waals surface area contributed by atoms with Crippen LogP contribution in [0, 0.1) is 6.92 Å². The Bertz CT molecular complexity index is 443. The minimum absolute atomic E-state index is 0.227. The molecule has 0 amide bonds. The van der Waals surface area contributed by atoms with Gasteiger partial charge in [0.15, 0.2) is 0 Å². The van der Waals surface area contributed by atoms with Crippen molar-refractivity contribution in [2.75, 3.05) is 6.61 Å². The number of aliphatic hydroxyl groups is 1. The van der Waals surface area contributed by atoms with Crippen LogP contribution in [0.2, 0.25) is 0 Å². The van der Waals surface area contributed by atoms with Crippen LogP contribution >= 0.6 is 0 Å². The number of rotatable bonds is 4. The monoisotopic (exact) mass is 216 g/mol. The number of aryl methyl sites for hydroxylation is 2. The van der Waals surface area contributed by atoms with Gasteiger partial charge in [0.2, 0.25) is 0 Å². The molecule has 0 aliphatic rings. The quantitative estimate of drug-likeness (QED) is 0.851. The second kappa shape index (κ2) is 4.99. The molecule has 0 aliphatic heterocycles. The standard InChI is InChI=1S/C14H16O2/c1-11-13(8-5-9-15)10-14(16-11)12-6-3-2-4-7-12/h2-4,6-7,10,15H,5,8-9H2,1H3. The molecule has 16 heavy (non-hydrogen) atoms. The summed E-state index contributed by atoms with van der Waals surface area (Å²) in [7, 11) is 0. The molecule has 0 saturated carbocycles. The zero-order chi connectivity index (χ0) is 11.4. The zero-order valence-electron chi connectivity index (χ0n) is 9.44. The molecule has 0 bridgehead atoms. The maximum Gasteiger partial charge on any atom is 0.134 e. The van der Waals surface area contributed by atoms with Crippen LogP contribution in [-0.2, 0) is 6.42 Å². The maximum atomic E-state index is 8.81. The molecular formula is C14H16O2. The molecule has 2 aromatic rings. The Labute approximate surface area is 95.5 Å². The molecule has 2 nitrogen and oxygen atoms in total. The molecule has 0 radical (unpaired) electrons. The van der Waals surface area contributed by atoms with Crippen molar-refractivity contribution in [3.63, 3.8) is 0 Å². The lowest BCUT2D eigenvalue weighted by Gasteiger charge is -1.93.